The van der Waals surface area contributed by atoms with E-state index in [0.717, 1.165) is 12.8 Å². The highest BCUT2D eigenvalue weighted by molar-refractivity contribution is 5.84. The fraction of sp³-hybridized carbons (Fsp3) is 0.300. The van der Waals surface area contributed by atoms with Crippen molar-refractivity contribution < 1.29 is 19.1 Å². The average molecular weight is 324 g/mol. The first-order valence-corrected chi connectivity index (χ1v) is 8.27. The fourth-order valence-electron chi connectivity index (χ4n) is 3.06. The number of esters is 2. The van der Waals surface area contributed by atoms with Gasteiger partial charge in [-0.05, 0) is 37.1 Å². The normalized spacial score (nSPS) is 20.2. The van der Waals surface area contributed by atoms with E-state index in [1.807, 2.05) is 36.4 Å². The van der Waals surface area contributed by atoms with E-state index >= 15 is 0 Å². The molecule has 0 unspecified atom stereocenters. The zero-order valence-electron chi connectivity index (χ0n) is 13.4. The summed E-state index contributed by atoms with van der Waals surface area (Å²) in [5.74, 6) is -0.594. The monoisotopic (exact) mass is 324 g/mol. The standard InChI is InChI=1S/C20H20O4/c21-19(23-15-9-3-1-4-10-15)17-13-7-8-14-18(17)20(22)24-16-11-5-2-6-12-16/h1-6,9-12,17-18H,7-8,13-14H2/t17-,18-/m1/s1. The second kappa shape index (κ2) is 7.77. The smallest absolute Gasteiger partial charge is 0.315 e. The molecule has 0 bridgehead atoms. The predicted octanol–water partition coefficient (Wildman–Crippen LogP) is 4.00. The van der Waals surface area contributed by atoms with Gasteiger partial charge in [0.25, 0.3) is 0 Å². The van der Waals surface area contributed by atoms with Crippen molar-refractivity contribution in [2.75, 3.05) is 0 Å². The Labute approximate surface area is 141 Å². The zero-order chi connectivity index (χ0) is 16.8. The summed E-state index contributed by atoms with van der Waals surface area (Å²) in [5.41, 5.74) is 0. The molecule has 2 aromatic rings. The lowest BCUT2D eigenvalue weighted by Crippen LogP contribution is -2.37. The first kappa shape index (κ1) is 16.2. The second-order valence-electron chi connectivity index (χ2n) is 5.97. The van der Waals surface area contributed by atoms with Crippen LogP contribution in [0.1, 0.15) is 25.7 Å². The highest BCUT2D eigenvalue weighted by Crippen LogP contribution is 2.32. The van der Waals surface area contributed by atoms with Gasteiger partial charge in [-0.15, -0.1) is 0 Å². The van der Waals surface area contributed by atoms with Crippen LogP contribution in [0.15, 0.2) is 60.7 Å². The molecule has 1 aliphatic rings. The maximum Gasteiger partial charge on any atom is 0.315 e. The minimum atomic E-state index is -0.449. The number of rotatable bonds is 4. The summed E-state index contributed by atoms with van der Waals surface area (Å²) >= 11 is 0. The lowest BCUT2D eigenvalue weighted by molar-refractivity contribution is -0.152. The van der Waals surface area contributed by atoms with Gasteiger partial charge >= 0.3 is 11.9 Å². The zero-order valence-corrected chi connectivity index (χ0v) is 13.4. The summed E-state index contributed by atoms with van der Waals surface area (Å²) in [6, 6.07) is 17.9. The maximum absolute atomic E-state index is 12.5. The van der Waals surface area contributed by atoms with Gasteiger partial charge in [-0.25, -0.2) is 0 Å². The topological polar surface area (TPSA) is 52.6 Å². The van der Waals surface area contributed by atoms with Crippen molar-refractivity contribution in [1.82, 2.24) is 0 Å². The molecule has 0 radical (unpaired) electrons. The summed E-state index contributed by atoms with van der Waals surface area (Å²) < 4.78 is 10.9. The van der Waals surface area contributed by atoms with Gasteiger partial charge in [0.15, 0.2) is 0 Å². The third-order valence-corrected chi connectivity index (χ3v) is 4.29. The molecule has 0 spiro atoms. The van der Waals surface area contributed by atoms with Gasteiger partial charge in [0.2, 0.25) is 0 Å². The molecule has 2 aromatic carbocycles. The Hall–Kier alpha value is -2.62. The Bertz CT molecular complexity index is 620. The number of benzene rings is 2. The summed E-state index contributed by atoms with van der Waals surface area (Å²) in [6.45, 7) is 0. The molecular formula is C20H20O4. The van der Waals surface area contributed by atoms with Crippen molar-refractivity contribution >= 4 is 11.9 Å². The highest BCUT2D eigenvalue weighted by Gasteiger charge is 2.38. The molecule has 3 rings (SSSR count). The summed E-state index contributed by atoms with van der Waals surface area (Å²) in [6.07, 6.45) is 3.15. The number of para-hydroxylation sites is 2. The molecule has 0 N–H and O–H groups in total. The van der Waals surface area contributed by atoms with E-state index < -0.39 is 11.8 Å². The summed E-state index contributed by atoms with van der Waals surface area (Å²) in [7, 11) is 0. The maximum atomic E-state index is 12.5. The molecule has 2 atom stereocenters. The van der Waals surface area contributed by atoms with E-state index in [1.165, 1.54) is 0 Å². The van der Waals surface area contributed by atoms with Gasteiger partial charge in [-0.2, -0.15) is 0 Å². The number of carbonyl (C=O) groups excluding carboxylic acids is 2. The molecule has 0 amide bonds. The van der Waals surface area contributed by atoms with Crippen LogP contribution in [0.25, 0.3) is 0 Å². The molecule has 4 nitrogen and oxygen atoms in total. The van der Waals surface area contributed by atoms with Crippen LogP contribution in [-0.4, -0.2) is 11.9 Å². The van der Waals surface area contributed by atoms with Crippen molar-refractivity contribution in [3.05, 3.63) is 60.7 Å². The molecule has 0 aromatic heterocycles. The summed E-state index contributed by atoms with van der Waals surface area (Å²) in [4.78, 5) is 25.0. The third-order valence-electron chi connectivity index (χ3n) is 4.29. The van der Waals surface area contributed by atoms with Crippen LogP contribution >= 0.6 is 0 Å². The second-order valence-corrected chi connectivity index (χ2v) is 5.97. The van der Waals surface area contributed by atoms with E-state index in [-0.39, 0.29) is 11.9 Å². The molecule has 1 fully saturated rings. The van der Waals surface area contributed by atoms with Crippen LogP contribution in [0.3, 0.4) is 0 Å². The number of carbonyl (C=O) groups is 2. The molecule has 0 saturated heterocycles. The Balaban J connectivity index is 1.68. The Morgan fingerprint density at radius 1 is 0.667 bits per heavy atom. The SMILES string of the molecule is O=C(Oc1ccccc1)[C@@H]1CCCC[C@H]1C(=O)Oc1ccccc1. The molecule has 124 valence electrons. The summed E-state index contributed by atoms with van der Waals surface area (Å²) in [5, 5.41) is 0. The quantitative estimate of drug-likeness (QED) is 0.630. The molecule has 0 aliphatic heterocycles. The largest absolute Gasteiger partial charge is 0.426 e. The van der Waals surface area contributed by atoms with Crippen LogP contribution in [-0.2, 0) is 9.59 Å². The fourth-order valence-corrected chi connectivity index (χ4v) is 3.06. The molecule has 1 aliphatic carbocycles. The lowest BCUT2D eigenvalue weighted by Gasteiger charge is -2.28. The minimum Gasteiger partial charge on any atom is -0.426 e. The van der Waals surface area contributed by atoms with Crippen LogP contribution in [0, 0.1) is 11.8 Å². The van der Waals surface area contributed by atoms with Crippen LogP contribution in [0.4, 0.5) is 0 Å². The van der Waals surface area contributed by atoms with Gasteiger partial charge in [0.1, 0.15) is 11.5 Å². The van der Waals surface area contributed by atoms with E-state index in [9.17, 15) is 9.59 Å². The van der Waals surface area contributed by atoms with Gasteiger partial charge in [0.05, 0.1) is 11.8 Å². The van der Waals surface area contributed by atoms with Crippen molar-refractivity contribution in [2.45, 2.75) is 25.7 Å². The Kier molecular flexibility index (Phi) is 5.26. The minimum absolute atomic E-state index is 0.351. The predicted molar refractivity (Wildman–Crippen MR) is 89.6 cm³/mol. The number of ether oxygens (including phenoxy) is 2. The first-order chi connectivity index (χ1) is 11.7. The first-order valence-electron chi connectivity index (χ1n) is 8.27. The van der Waals surface area contributed by atoms with Gasteiger partial charge < -0.3 is 9.47 Å². The average Bonchev–Trinajstić information content (AvgIpc) is 2.63. The third kappa shape index (κ3) is 4.02. The molecule has 0 heterocycles. The Morgan fingerprint density at radius 2 is 1.04 bits per heavy atom. The number of hydrogen-bond acceptors (Lipinski definition) is 4. The number of hydrogen-bond donors (Lipinski definition) is 0. The van der Waals surface area contributed by atoms with Crippen molar-refractivity contribution in [3.8, 4) is 11.5 Å². The van der Waals surface area contributed by atoms with Gasteiger partial charge in [-0.1, -0.05) is 49.2 Å². The van der Waals surface area contributed by atoms with Gasteiger partial charge in [0, 0.05) is 0 Å². The van der Waals surface area contributed by atoms with E-state index in [2.05, 4.69) is 0 Å². The van der Waals surface area contributed by atoms with E-state index in [0.29, 0.717) is 24.3 Å². The highest BCUT2D eigenvalue weighted by atomic mass is 16.5. The lowest BCUT2D eigenvalue weighted by atomic mass is 9.79. The molecular weight excluding hydrogens is 304 g/mol. The molecule has 24 heavy (non-hydrogen) atoms. The van der Waals surface area contributed by atoms with Crippen molar-refractivity contribution in [2.24, 2.45) is 11.8 Å². The van der Waals surface area contributed by atoms with Crippen molar-refractivity contribution in [3.63, 3.8) is 0 Å². The molecule has 1 saturated carbocycles. The van der Waals surface area contributed by atoms with Crippen molar-refractivity contribution in [1.29, 1.82) is 0 Å². The molecule has 4 heteroatoms. The van der Waals surface area contributed by atoms with Crippen LogP contribution in [0.2, 0.25) is 0 Å². The van der Waals surface area contributed by atoms with E-state index in [4.69, 9.17) is 9.47 Å². The van der Waals surface area contributed by atoms with Crippen LogP contribution < -0.4 is 9.47 Å². The van der Waals surface area contributed by atoms with Crippen LogP contribution in [0.5, 0.6) is 11.5 Å². The van der Waals surface area contributed by atoms with Gasteiger partial charge in [-0.3, -0.25) is 9.59 Å². The Morgan fingerprint density at radius 3 is 1.42 bits per heavy atom. The van der Waals surface area contributed by atoms with E-state index in [1.54, 1.807) is 24.3 Å².